The Balaban J connectivity index is 1.66. The molecule has 0 aliphatic carbocycles. The summed E-state index contributed by atoms with van der Waals surface area (Å²) in [7, 11) is 0. The third-order valence-electron chi connectivity index (χ3n) is 4.08. The van der Waals surface area contributed by atoms with Gasteiger partial charge in [0.05, 0.1) is 27.9 Å². The van der Waals surface area contributed by atoms with E-state index in [9.17, 15) is 4.79 Å². The molecule has 1 heterocycles. The minimum absolute atomic E-state index is 0.207. The number of para-hydroxylation sites is 2. The molecule has 4 nitrogen and oxygen atoms in total. The van der Waals surface area contributed by atoms with Crippen molar-refractivity contribution in [3.05, 3.63) is 83.5 Å². The maximum absolute atomic E-state index is 12.4. The molecule has 0 bridgehead atoms. The SMILES string of the molecule is O=C(Nc1ccc(Cl)c(-c2cnc3ccccc3n2)c1)c1ccc(S)cc1. The minimum Gasteiger partial charge on any atom is -0.322 e. The quantitative estimate of drug-likeness (QED) is 0.454. The van der Waals surface area contributed by atoms with Crippen LogP contribution in [0.15, 0.2) is 77.8 Å². The highest BCUT2D eigenvalue weighted by atomic mass is 35.5. The Morgan fingerprint density at radius 3 is 2.48 bits per heavy atom. The zero-order chi connectivity index (χ0) is 18.8. The summed E-state index contributed by atoms with van der Waals surface area (Å²) < 4.78 is 0. The Kier molecular flexibility index (Phi) is 4.79. The monoisotopic (exact) mass is 391 g/mol. The fraction of sp³-hybridized carbons (Fsp3) is 0. The zero-order valence-electron chi connectivity index (χ0n) is 14.1. The first-order chi connectivity index (χ1) is 13.1. The van der Waals surface area contributed by atoms with Crippen molar-refractivity contribution in [1.82, 2.24) is 9.97 Å². The molecule has 27 heavy (non-hydrogen) atoms. The Hall–Kier alpha value is -2.89. The first-order valence-electron chi connectivity index (χ1n) is 8.22. The van der Waals surface area contributed by atoms with Gasteiger partial charge in [-0.2, -0.15) is 0 Å². The number of hydrogen-bond acceptors (Lipinski definition) is 4. The van der Waals surface area contributed by atoms with E-state index >= 15 is 0 Å². The van der Waals surface area contributed by atoms with Crippen molar-refractivity contribution in [3.8, 4) is 11.3 Å². The van der Waals surface area contributed by atoms with E-state index in [1.54, 1.807) is 48.7 Å². The average Bonchev–Trinajstić information content (AvgIpc) is 2.69. The predicted molar refractivity (Wildman–Crippen MR) is 112 cm³/mol. The van der Waals surface area contributed by atoms with Gasteiger partial charge in [-0.1, -0.05) is 23.7 Å². The molecule has 0 spiro atoms. The topological polar surface area (TPSA) is 54.9 Å². The average molecular weight is 392 g/mol. The molecule has 4 rings (SSSR count). The van der Waals surface area contributed by atoms with Crippen LogP contribution in [0.4, 0.5) is 5.69 Å². The lowest BCUT2D eigenvalue weighted by molar-refractivity contribution is 0.102. The normalized spacial score (nSPS) is 10.7. The van der Waals surface area contributed by atoms with Crippen molar-refractivity contribution in [3.63, 3.8) is 0 Å². The van der Waals surface area contributed by atoms with Gasteiger partial charge in [0.2, 0.25) is 0 Å². The van der Waals surface area contributed by atoms with E-state index in [1.165, 1.54) is 0 Å². The first-order valence-corrected chi connectivity index (χ1v) is 9.05. The molecule has 0 fully saturated rings. The Morgan fingerprint density at radius 2 is 1.70 bits per heavy atom. The molecular formula is C21H14ClN3OS. The first kappa shape index (κ1) is 17.5. The Labute approximate surface area is 166 Å². The third kappa shape index (κ3) is 3.79. The van der Waals surface area contributed by atoms with E-state index in [0.717, 1.165) is 15.9 Å². The van der Waals surface area contributed by atoms with E-state index in [-0.39, 0.29) is 5.91 Å². The molecule has 0 unspecified atom stereocenters. The lowest BCUT2D eigenvalue weighted by Gasteiger charge is -2.10. The minimum atomic E-state index is -0.207. The van der Waals surface area contributed by atoms with Crippen LogP contribution in [0.3, 0.4) is 0 Å². The fourth-order valence-electron chi connectivity index (χ4n) is 2.70. The van der Waals surface area contributed by atoms with Crippen molar-refractivity contribution >= 4 is 46.9 Å². The summed E-state index contributed by atoms with van der Waals surface area (Å²) in [6.45, 7) is 0. The second-order valence-corrected chi connectivity index (χ2v) is 6.86. The summed E-state index contributed by atoms with van der Waals surface area (Å²) in [5.74, 6) is -0.207. The number of nitrogens with one attached hydrogen (secondary N) is 1. The van der Waals surface area contributed by atoms with E-state index in [0.29, 0.717) is 27.5 Å². The van der Waals surface area contributed by atoms with Gasteiger partial charge in [-0.25, -0.2) is 4.98 Å². The van der Waals surface area contributed by atoms with E-state index < -0.39 is 0 Å². The van der Waals surface area contributed by atoms with Crippen molar-refractivity contribution in [1.29, 1.82) is 0 Å². The van der Waals surface area contributed by atoms with Crippen LogP contribution in [0, 0.1) is 0 Å². The summed E-state index contributed by atoms with van der Waals surface area (Å²) in [5.41, 5.74) is 4.13. The van der Waals surface area contributed by atoms with Crippen LogP contribution < -0.4 is 5.32 Å². The highest BCUT2D eigenvalue weighted by Gasteiger charge is 2.11. The largest absolute Gasteiger partial charge is 0.322 e. The molecule has 0 radical (unpaired) electrons. The van der Waals surface area contributed by atoms with Gasteiger partial charge in [-0.15, -0.1) is 12.6 Å². The van der Waals surface area contributed by atoms with Crippen molar-refractivity contribution in [2.45, 2.75) is 4.90 Å². The molecule has 0 atom stereocenters. The molecule has 0 aliphatic rings. The molecule has 0 aliphatic heterocycles. The van der Waals surface area contributed by atoms with Gasteiger partial charge in [0.25, 0.3) is 5.91 Å². The number of hydrogen-bond donors (Lipinski definition) is 2. The molecule has 6 heteroatoms. The van der Waals surface area contributed by atoms with E-state index in [4.69, 9.17) is 11.6 Å². The van der Waals surface area contributed by atoms with Crippen LogP contribution in [-0.4, -0.2) is 15.9 Å². The van der Waals surface area contributed by atoms with Gasteiger partial charge in [-0.05, 0) is 54.6 Å². The number of benzene rings is 3. The molecule has 1 aromatic heterocycles. The Bertz CT molecular complexity index is 1150. The summed E-state index contributed by atoms with van der Waals surface area (Å²) in [5, 5.41) is 3.42. The van der Waals surface area contributed by atoms with Gasteiger partial charge >= 0.3 is 0 Å². The number of rotatable bonds is 3. The number of anilines is 1. The molecule has 3 aromatic carbocycles. The standard InChI is InChI=1S/C21H14ClN3OS/c22-17-10-7-14(24-21(26)13-5-8-15(27)9-6-13)11-16(17)20-12-23-18-3-1-2-4-19(18)25-20/h1-12,27H,(H,24,26). The van der Waals surface area contributed by atoms with Gasteiger partial charge in [0.15, 0.2) is 0 Å². The van der Waals surface area contributed by atoms with Crippen LogP contribution in [0.25, 0.3) is 22.3 Å². The molecule has 0 saturated heterocycles. The summed E-state index contributed by atoms with van der Waals surface area (Å²) in [6.07, 6.45) is 1.68. The van der Waals surface area contributed by atoms with Gasteiger partial charge < -0.3 is 5.32 Å². The maximum Gasteiger partial charge on any atom is 0.255 e. The fourth-order valence-corrected chi connectivity index (χ4v) is 3.07. The third-order valence-corrected chi connectivity index (χ3v) is 4.71. The van der Waals surface area contributed by atoms with Gasteiger partial charge in [0, 0.05) is 21.7 Å². The highest BCUT2D eigenvalue weighted by molar-refractivity contribution is 7.80. The van der Waals surface area contributed by atoms with Crippen molar-refractivity contribution in [2.24, 2.45) is 0 Å². The number of nitrogens with zero attached hydrogens (tertiary/aromatic N) is 2. The van der Waals surface area contributed by atoms with Crippen LogP contribution in [0.5, 0.6) is 0 Å². The maximum atomic E-state index is 12.4. The lowest BCUT2D eigenvalue weighted by Crippen LogP contribution is -2.11. The van der Waals surface area contributed by atoms with Crippen LogP contribution in [-0.2, 0) is 0 Å². The van der Waals surface area contributed by atoms with Crippen LogP contribution >= 0.6 is 24.2 Å². The number of thiol groups is 1. The van der Waals surface area contributed by atoms with E-state index in [1.807, 2.05) is 24.3 Å². The second-order valence-electron chi connectivity index (χ2n) is 5.94. The molecule has 132 valence electrons. The summed E-state index contributed by atoms with van der Waals surface area (Å²) in [4.78, 5) is 22.3. The lowest BCUT2D eigenvalue weighted by atomic mass is 10.1. The number of amides is 1. The van der Waals surface area contributed by atoms with E-state index in [2.05, 4.69) is 27.9 Å². The summed E-state index contributed by atoms with van der Waals surface area (Å²) in [6, 6.07) is 19.9. The smallest absolute Gasteiger partial charge is 0.255 e. The molecular weight excluding hydrogens is 378 g/mol. The molecule has 1 N–H and O–H groups in total. The van der Waals surface area contributed by atoms with Gasteiger partial charge in [0.1, 0.15) is 0 Å². The van der Waals surface area contributed by atoms with Crippen molar-refractivity contribution < 1.29 is 4.79 Å². The Morgan fingerprint density at radius 1 is 0.963 bits per heavy atom. The number of fused-ring (bicyclic) bond motifs is 1. The second kappa shape index (κ2) is 7.39. The molecule has 4 aromatic rings. The summed E-state index contributed by atoms with van der Waals surface area (Å²) >= 11 is 10.6. The van der Waals surface area contributed by atoms with Crippen molar-refractivity contribution in [2.75, 3.05) is 5.32 Å². The molecule has 1 amide bonds. The number of carbonyl (C=O) groups excluding carboxylic acids is 1. The highest BCUT2D eigenvalue weighted by Crippen LogP contribution is 2.30. The van der Waals surface area contributed by atoms with Crippen LogP contribution in [0.1, 0.15) is 10.4 Å². The molecule has 0 saturated carbocycles. The number of halogens is 1. The predicted octanol–water partition coefficient (Wildman–Crippen LogP) is 5.49. The van der Waals surface area contributed by atoms with Crippen LogP contribution in [0.2, 0.25) is 5.02 Å². The number of carbonyl (C=O) groups is 1. The zero-order valence-corrected chi connectivity index (χ0v) is 15.7. The van der Waals surface area contributed by atoms with Gasteiger partial charge in [-0.3, -0.25) is 9.78 Å². The number of aromatic nitrogens is 2.